The number of carbonyl (C=O) groups is 1. The zero-order valence-electron chi connectivity index (χ0n) is 13.0. The maximum absolute atomic E-state index is 12.0. The van der Waals surface area contributed by atoms with Gasteiger partial charge in [-0.1, -0.05) is 37.6 Å². The molecule has 1 amide bonds. The van der Waals surface area contributed by atoms with Crippen molar-refractivity contribution in [3.8, 4) is 0 Å². The number of aromatic nitrogens is 2. The van der Waals surface area contributed by atoms with Crippen molar-refractivity contribution in [2.24, 2.45) is 0 Å². The molecule has 0 radical (unpaired) electrons. The molecule has 4 nitrogen and oxygen atoms in total. The molecule has 0 bridgehead atoms. The Hall–Kier alpha value is -2.36. The molecule has 0 aliphatic carbocycles. The molecule has 0 aliphatic heterocycles. The molecule has 116 valence electrons. The summed E-state index contributed by atoms with van der Waals surface area (Å²) in [7, 11) is 0. The predicted octanol–water partition coefficient (Wildman–Crippen LogP) is 3.52. The van der Waals surface area contributed by atoms with Gasteiger partial charge in [-0.25, -0.2) is 4.98 Å². The second-order valence-electron chi connectivity index (χ2n) is 5.22. The molecule has 1 aromatic carbocycles. The molecule has 0 unspecified atom stereocenters. The number of nitrogens with zero attached hydrogens (tertiary/aromatic N) is 2. The first-order chi connectivity index (χ1) is 10.8. The number of imidazole rings is 1. The lowest BCUT2D eigenvalue weighted by molar-refractivity contribution is 0.0952. The number of allylic oxidation sites excluding steroid dienone is 1. The number of rotatable bonds is 8. The van der Waals surface area contributed by atoms with Gasteiger partial charge in [-0.05, 0) is 30.5 Å². The fourth-order valence-electron chi connectivity index (χ4n) is 2.12. The first-order valence-electron chi connectivity index (χ1n) is 7.80. The van der Waals surface area contributed by atoms with Crippen LogP contribution in [0.3, 0.4) is 0 Å². The summed E-state index contributed by atoms with van der Waals surface area (Å²) in [4.78, 5) is 16.0. The highest BCUT2D eigenvalue weighted by atomic mass is 16.1. The highest BCUT2D eigenvalue weighted by molar-refractivity contribution is 5.94. The quantitative estimate of drug-likeness (QED) is 0.758. The van der Waals surface area contributed by atoms with Gasteiger partial charge in [-0.3, -0.25) is 4.79 Å². The summed E-state index contributed by atoms with van der Waals surface area (Å²) in [5, 5.41) is 2.94. The molecule has 1 heterocycles. The first-order valence-corrected chi connectivity index (χ1v) is 7.80. The molecule has 0 fully saturated rings. The Morgan fingerprint density at radius 1 is 1.32 bits per heavy atom. The van der Waals surface area contributed by atoms with Crippen LogP contribution >= 0.6 is 0 Å². The maximum Gasteiger partial charge on any atom is 0.251 e. The second-order valence-corrected chi connectivity index (χ2v) is 5.22. The minimum Gasteiger partial charge on any atom is -0.352 e. The molecule has 2 aromatic rings. The molecular formula is C18H23N3O. The molecular weight excluding hydrogens is 274 g/mol. The van der Waals surface area contributed by atoms with Crippen molar-refractivity contribution in [3.05, 3.63) is 60.2 Å². The van der Waals surface area contributed by atoms with Crippen molar-refractivity contribution in [2.75, 3.05) is 6.54 Å². The summed E-state index contributed by atoms with van der Waals surface area (Å²) in [6, 6.07) is 7.70. The van der Waals surface area contributed by atoms with Gasteiger partial charge in [0.2, 0.25) is 0 Å². The zero-order valence-corrected chi connectivity index (χ0v) is 13.0. The molecule has 2 rings (SSSR count). The monoisotopic (exact) mass is 297 g/mol. The Balaban J connectivity index is 1.74. The molecule has 1 aromatic heterocycles. The molecule has 0 atom stereocenters. The van der Waals surface area contributed by atoms with Crippen molar-refractivity contribution in [1.82, 2.24) is 14.9 Å². The maximum atomic E-state index is 12.0. The van der Waals surface area contributed by atoms with E-state index >= 15 is 0 Å². The highest BCUT2D eigenvalue weighted by Gasteiger charge is 2.03. The number of carbonyl (C=O) groups excluding carboxylic acids is 1. The lowest BCUT2D eigenvalue weighted by Crippen LogP contribution is -2.25. The summed E-state index contributed by atoms with van der Waals surface area (Å²) >= 11 is 0. The molecule has 22 heavy (non-hydrogen) atoms. The van der Waals surface area contributed by atoms with Crippen LogP contribution in [0.4, 0.5) is 0 Å². The van der Waals surface area contributed by atoms with Crippen molar-refractivity contribution < 1.29 is 4.79 Å². The van der Waals surface area contributed by atoms with Gasteiger partial charge in [0.25, 0.3) is 5.91 Å². The minimum atomic E-state index is -0.0188. The number of hydrogen-bond donors (Lipinski definition) is 1. The number of unbranched alkanes of at least 4 members (excludes halogenated alkanes) is 1. The van der Waals surface area contributed by atoms with E-state index in [1.54, 1.807) is 12.5 Å². The number of amides is 1. The van der Waals surface area contributed by atoms with E-state index in [-0.39, 0.29) is 5.91 Å². The van der Waals surface area contributed by atoms with E-state index < -0.39 is 0 Å². The molecule has 0 spiro atoms. The zero-order chi connectivity index (χ0) is 15.6. The number of benzene rings is 1. The molecule has 1 N–H and O–H groups in total. The van der Waals surface area contributed by atoms with Gasteiger partial charge in [-0.15, -0.1) is 0 Å². The SMILES string of the molecule is CCCC=Cc1ccc(C(=O)NCCCn2ccnc2)cc1. The standard InChI is InChI=1S/C18H23N3O/c1-2-3-4-6-16-7-9-17(10-8-16)18(22)20-11-5-13-21-14-12-19-15-21/h4,6-10,12,14-15H,2-3,5,11,13H2,1H3,(H,20,22). The van der Waals surface area contributed by atoms with Crippen LogP contribution in [0.5, 0.6) is 0 Å². The van der Waals surface area contributed by atoms with Gasteiger partial charge in [-0.2, -0.15) is 0 Å². The first kappa shape index (κ1) is 16.0. The van der Waals surface area contributed by atoms with Gasteiger partial charge in [0.1, 0.15) is 0 Å². The van der Waals surface area contributed by atoms with Crippen molar-refractivity contribution >= 4 is 12.0 Å². The van der Waals surface area contributed by atoms with E-state index in [1.807, 2.05) is 35.0 Å². The molecule has 0 saturated heterocycles. The van der Waals surface area contributed by atoms with Crippen LogP contribution in [-0.2, 0) is 6.54 Å². The largest absolute Gasteiger partial charge is 0.352 e. The fraction of sp³-hybridized carbons (Fsp3) is 0.333. The van der Waals surface area contributed by atoms with E-state index in [0.29, 0.717) is 12.1 Å². The average molecular weight is 297 g/mol. The topological polar surface area (TPSA) is 46.9 Å². The average Bonchev–Trinajstić information content (AvgIpc) is 3.06. The van der Waals surface area contributed by atoms with Crippen LogP contribution in [0, 0.1) is 0 Å². The fourth-order valence-corrected chi connectivity index (χ4v) is 2.12. The van der Waals surface area contributed by atoms with Gasteiger partial charge in [0, 0.05) is 31.0 Å². The third kappa shape index (κ3) is 5.20. The number of aryl methyl sites for hydroxylation is 1. The molecule has 0 aliphatic rings. The van der Waals surface area contributed by atoms with E-state index in [4.69, 9.17) is 0 Å². The number of hydrogen-bond acceptors (Lipinski definition) is 2. The summed E-state index contributed by atoms with van der Waals surface area (Å²) < 4.78 is 2.00. The van der Waals surface area contributed by atoms with Crippen molar-refractivity contribution in [1.29, 1.82) is 0 Å². The van der Waals surface area contributed by atoms with E-state index in [0.717, 1.165) is 31.4 Å². The normalized spacial score (nSPS) is 11.0. The third-order valence-electron chi connectivity index (χ3n) is 3.38. The second kappa shape index (κ2) is 8.82. The Morgan fingerprint density at radius 2 is 2.14 bits per heavy atom. The van der Waals surface area contributed by atoms with Gasteiger partial charge >= 0.3 is 0 Å². The smallest absolute Gasteiger partial charge is 0.251 e. The number of nitrogens with one attached hydrogen (secondary N) is 1. The summed E-state index contributed by atoms with van der Waals surface area (Å²) in [6.45, 7) is 3.68. The Labute approximate surface area is 131 Å². The highest BCUT2D eigenvalue weighted by Crippen LogP contribution is 2.07. The predicted molar refractivity (Wildman–Crippen MR) is 89.6 cm³/mol. The van der Waals surface area contributed by atoms with Crippen LogP contribution in [0.2, 0.25) is 0 Å². The lowest BCUT2D eigenvalue weighted by atomic mass is 10.1. The summed E-state index contributed by atoms with van der Waals surface area (Å²) in [6.07, 6.45) is 12.8. The van der Waals surface area contributed by atoms with Gasteiger partial charge < -0.3 is 9.88 Å². The Kier molecular flexibility index (Phi) is 6.42. The summed E-state index contributed by atoms with van der Waals surface area (Å²) in [5.41, 5.74) is 1.83. The van der Waals surface area contributed by atoms with Crippen LogP contribution in [-0.4, -0.2) is 22.0 Å². The van der Waals surface area contributed by atoms with Gasteiger partial charge in [0.15, 0.2) is 0 Å². The Morgan fingerprint density at radius 3 is 2.82 bits per heavy atom. The Bertz CT molecular complexity index is 585. The summed E-state index contributed by atoms with van der Waals surface area (Å²) in [5.74, 6) is -0.0188. The van der Waals surface area contributed by atoms with Crippen LogP contribution in [0.25, 0.3) is 6.08 Å². The van der Waals surface area contributed by atoms with E-state index in [1.165, 1.54) is 0 Å². The van der Waals surface area contributed by atoms with Crippen LogP contribution in [0.1, 0.15) is 42.1 Å². The third-order valence-corrected chi connectivity index (χ3v) is 3.38. The molecule has 0 saturated carbocycles. The van der Waals surface area contributed by atoms with Crippen LogP contribution < -0.4 is 5.32 Å². The van der Waals surface area contributed by atoms with Crippen molar-refractivity contribution in [3.63, 3.8) is 0 Å². The van der Waals surface area contributed by atoms with E-state index in [2.05, 4.69) is 29.4 Å². The lowest BCUT2D eigenvalue weighted by Gasteiger charge is -2.06. The van der Waals surface area contributed by atoms with Gasteiger partial charge in [0.05, 0.1) is 6.33 Å². The molecule has 4 heteroatoms. The minimum absolute atomic E-state index is 0.0188. The van der Waals surface area contributed by atoms with Crippen molar-refractivity contribution in [2.45, 2.75) is 32.7 Å². The van der Waals surface area contributed by atoms with E-state index in [9.17, 15) is 4.79 Å². The van der Waals surface area contributed by atoms with Crippen LogP contribution in [0.15, 0.2) is 49.1 Å².